The van der Waals surface area contributed by atoms with Crippen molar-refractivity contribution in [3.05, 3.63) is 46.6 Å². The molecule has 2 rings (SSSR count). The Morgan fingerprint density at radius 3 is 2.70 bits per heavy atom. The maximum atomic E-state index is 5.86. The summed E-state index contributed by atoms with van der Waals surface area (Å²) in [5.41, 5.74) is 1.13. The maximum absolute atomic E-state index is 5.86. The molecular formula is C15H20ClN3O. The fourth-order valence-corrected chi connectivity index (χ4v) is 2.00. The lowest BCUT2D eigenvalue weighted by Crippen LogP contribution is -2.23. The molecule has 0 unspecified atom stereocenters. The third-order valence-electron chi connectivity index (χ3n) is 2.91. The first-order valence-corrected chi connectivity index (χ1v) is 7.30. The topological polar surface area (TPSA) is 51.0 Å². The van der Waals surface area contributed by atoms with E-state index in [9.17, 15) is 0 Å². The van der Waals surface area contributed by atoms with E-state index >= 15 is 0 Å². The van der Waals surface area contributed by atoms with E-state index in [-0.39, 0.29) is 0 Å². The number of hydrogen-bond donors (Lipinski definition) is 1. The molecule has 0 spiro atoms. The molecule has 1 aromatic heterocycles. The summed E-state index contributed by atoms with van der Waals surface area (Å²) in [6.07, 6.45) is 2.49. The number of aromatic nitrogens is 2. The summed E-state index contributed by atoms with van der Waals surface area (Å²) in [5.74, 6) is 1.43. The van der Waals surface area contributed by atoms with Gasteiger partial charge in [0.2, 0.25) is 5.89 Å². The van der Waals surface area contributed by atoms with Gasteiger partial charge in [-0.3, -0.25) is 0 Å². The number of nitrogens with one attached hydrogen (secondary N) is 1. The van der Waals surface area contributed by atoms with Crippen molar-refractivity contribution in [2.24, 2.45) is 0 Å². The van der Waals surface area contributed by atoms with Gasteiger partial charge in [0.1, 0.15) is 0 Å². The molecule has 1 N–H and O–H groups in total. The molecule has 20 heavy (non-hydrogen) atoms. The van der Waals surface area contributed by atoms with Gasteiger partial charge in [0.25, 0.3) is 0 Å². The van der Waals surface area contributed by atoms with Gasteiger partial charge in [-0.25, -0.2) is 0 Å². The largest absolute Gasteiger partial charge is 0.339 e. The second-order valence-electron chi connectivity index (χ2n) is 5.12. The van der Waals surface area contributed by atoms with Gasteiger partial charge < -0.3 is 9.84 Å². The van der Waals surface area contributed by atoms with Crippen molar-refractivity contribution >= 4 is 11.6 Å². The Morgan fingerprint density at radius 2 is 2.00 bits per heavy atom. The van der Waals surface area contributed by atoms with Crippen molar-refractivity contribution in [3.63, 3.8) is 0 Å². The van der Waals surface area contributed by atoms with Crippen molar-refractivity contribution in [2.75, 3.05) is 6.54 Å². The van der Waals surface area contributed by atoms with Crippen LogP contribution in [0.1, 0.15) is 37.5 Å². The van der Waals surface area contributed by atoms with E-state index in [0.29, 0.717) is 18.4 Å². The van der Waals surface area contributed by atoms with E-state index in [1.807, 2.05) is 24.3 Å². The summed E-state index contributed by atoms with van der Waals surface area (Å²) in [7, 11) is 0. The molecule has 0 aliphatic heterocycles. The highest BCUT2D eigenvalue weighted by molar-refractivity contribution is 6.30. The standard InChI is InChI=1S/C15H20ClN3O/c1-11(2)17-9-3-4-15-18-14(19-20-15)10-12-5-7-13(16)8-6-12/h5-8,11,17H,3-4,9-10H2,1-2H3. The average molecular weight is 294 g/mol. The van der Waals surface area contributed by atoms with E-state index in [1.165, 1.54) is 0 Å². The van der Waals surface area contributed by atoms with Crippen molar-refractivity contribution < 1.29 is 4.52 Å². The number of nitrogens with zero attached hydrogens (tertiary/aromatic N) is 2. The second-order valence-corrected chi connectivity index (χ2v) is 5.56. The minimum Gasteiger partial charge on any atom is -0.339 e. The lowest BCUT2D eigenvalue weighted by atomic mass is 10.1. The highest BCUT2D eigenvalue weighted by atomic mass is 35.5. The average Bonchev–Trinajstić information content (AvgIpc) is 2.85. The molecule has 0 aliphatic rings. The summed E-state index contributed by atoms with van der Waals surface area (Å²) in [6.45, 7) is 5.24. The van der Waals surface area contributed by atoms with Crippen LogP contribution in [0.5, 0.6) is 0 Å². The van der Waals surface area contributed by atoms with Gasteiger partial charge in [-0.2, -0.15) is 4.98 Å². The number of halogens is 1. The van der Waals surface area contributed by atoms with Crippen LogP contribution in [0.2, 0.25) is 5.02 Å². The van der Waals surface area contributed by atoms with Crippen LogP contribution in [0.25, 0.3) is 0 Å². The summed E-state index contributed by atoms with van der Waals surface area (Å²) >= 11 is 5.86. The van der Waals surface area contributed by atoms with Crippen molar-refractivity contribution in [3.8, 4) is 0 Å². The Labute approximate surface area is 124 Å². The number of rotatable bonds is 7. The summed E-state index contributed by atoms with van der Waals surface area (Å²) in [6, 6.07) is 8.21. The molecule has 0 bridgehead atoms. The summed E-state index contributed by atoms with van der Waals surface area (Å²) < 4.78 is 5.25. The smallest absolute Gasteiger partial charge is 0.226 e. The third-order valence-corrected chi connectivity index (χ3v) is 3.16. The molecule has 0 aliphatic carbocycles. The van der Waals surface area contributed by atoms with Crippen LogP contribution in [0.3, 0.4) is 0 Å². The predicted octanol–water partition coefficient (Wildman–Crippen LogP) is 3.24. The van der Waals surface area contributed by atoms with E-state index in [2.05, 4.69) is 29.3 Å². The molecule has 4 nitrogen and oxygen atoms in total. The normalized spacial score (nSPS) is 11.2. The molecule has 108 valence electrons. The Morgan fingerprint density at radius 1 is 1.25 bits per heavy atom. The number of benzene rings is 1. The fourth-order valence-electron chi connectivity index (χ4n) is 1.88. The van der Waals surface area contributed by atoms with E-state index in [1.54, 1.807) is 0 Å². The lowest BCUT2D eigenvalue weighted by molar-refractivity contribution is 0.369. The first kappa shape index (κ1) is 15.0. The third kappa shape index (κ3) is 4.94. The number of hydrogen-bond acceptors (Lipinski definition) is 4. The minimum atomic E-state index is 0.512. The van der Waals surface area contributed by atoms with E-state index in [4.69, 9.17) is 16.1 Å². The Balaban J connectivity index is 1.81. The lowest BCUT2D eigenvalue weighted by Gasteiger charge is -2.05. The molecule has 1 heterocycles. The molecule has 0 saturated carbocycles. The van der Waals surface area contributed by atoms with Crippen LogP contribution in [-0.2, 0) is 12.8 Å². The second kappa shape index (κ2) is 7.41. The van der Waals surface area contributed by atoms with Crippen molar-refractivity contribution in [2.45, 2.75) is 39.2 Å². The van der Waals surface area contributed by atoms with Gasteiger partial charge >= 0.3 is 0 Å². The van der Waals surface area contributed by atoms with Crippen LogP contribution in [0.15, 0.2) is 28.8 Å². The van der Waals surface area contributed by atoms with Crippen molar-refractivity contribution in [1.29, 1.82) is 0 Å². The quantitative estimate of drug-likeness (QED) is 0.796. The zero-order valence-corrected chi connectivity index (χ0v) is 12.7. The first-order valence-electron chi connectivity index (χ1n) is 6.93. The summed E-state index contributed by atoms with van der Waals surface area (Å²) in [5, 5.41) is 8.11. The summed E-state index contributed by atoms with van der Waals surface area (Å²) in [4.78, 5) is 4.41. The van der Waals surface area contributed by atoms with Crippen LogP contribution in [0.4, 0.5) is 0 Å². The number of aryl methyl sites for hydroxylation is 1. The molecule has 1 aromatic carbocycles. The van der Waals surface area contributed by atoms with Gasteiger partial charge in [0, 0.05) is 23.9 Å². The molecule has 0 amide bonds. The molecule has 0 radical (unpaired) electrons. The molecule has 0 saturated heterocycles. The van der Waals surface area contributed by atoms with E-state index < -0.39 is 0 Å². The van der Waals surface area contributed by atoms with Crippen LogP contribution in [0, 0.1) is 0 Å². The van der Waals surface area contributed by atoms with Crippen LogP contribution < -0.4 is 5.32 Å². The van der Waals surface area contributed by atoms with Crippen LogP contribution >= 0.6 is 11.6 Å². The Kier molecular flexibility index (Phi) is 5.56. The predicted molar refractivity (Wildman–Crippen MR) is 80.0 cm³/mol. The maximum Gasteiger partial charge on any atom is 0.226 e. The zero-order chi connectivity index (χ0) is 14.4. The van der Waals surface area contributed by atoms with Gasteiger partial charge in [0.05, 0.1) is 0 Å². The molecule has 0 atom stereocenters. The molecule has 0 fully saturated rings. The Hall–Kier alpha value is -1.39. The first-order chi connectivity index (χ1) is 9.63. The SMILES string of the molecule is CC(C)NCCCc1nc(Cc2ccc(Cl)cc2)no1. The molecular weight excluding hydrogens is 274 g/mol. The van der Waals surface area contributed by atoms with Gasteiger partial charge in [-0.15, -0.1) is 0 Å². The van der Waals surface area contributed by atoms with E-state index in [0.717, 1.165) is 35.8 Å². The molecule has 5 heteroatoms. The highest BCUT2D eigenvalue weighted by Crippen LogP contribution is 2.12. The van der Waals surface area contributed by atoms with Gasteiger partial charge in [-0.05, 0) is 30.7 Å². The Bertz CT molecular complexity index is 522. The monoisotopic (exact) mass is 293 g/mol. The fraction of sp³-hybridized carbons (Fsp3) is 0.467. The minimum absolute atomic E-state index is 0.512. The zero-order valence-electron chi connectivity index (χ0n) is 11.9. The highest BCUT2D eigenvalue weighted by Gasteiger charge is 2.07. The molecule has 2 aromatic rings. The van der Waals surface area contributed by atoms with Gasteiger partial charge in [0.15, 0.2) is 5.82 Å². The van der Waals surface area contributed by atoms with Gasteiger partial charge in [-0.1, -0.05) is 42.7 Å². The van der Waals surface area contributed by atoms with Crippen molar-refractivity contribution in [1.82, 2.24) is 15.5 Å². The van der Waals surface area contributed by atoms with Crippen LogP contribution in [-0.4, -0.2) is 22.7 Å².